The third-order valence-electron chi connectivity index (χ3n) is 2.94. The van der Waals surface area contributed by atoms with Crippen molar-refractivity contribution in [3.05, 3.63) is 9.26 Å². The van der Waals surface area contributed by atoms with Crippen LogP contribution in [0, 0.1) is 3.57 Å². The van der Waals surface area contributed by atoms with Crippen molar-refractivity contribution in [1.29, 1.82) is 0 Å². The number of aromatic nitrogens is 2. The minimum Gasteiger partial charge on any atom is -0.369 e. The molecule has 0 aliphatic heterocycles. The van der Waals surface area contributed by atoms with Gasteiger partial charge in [-0.2, -0.15) is 4.98 Å². The Morgan fingerprint density at radius 2 is 1.68 bits per heavy atom. The first-order chi connectivity index (χ1) is 8.85. The Labute approximate surface area is 130 Å². The molecule has 1 aromatic heterocycles. The maximum absolute atomic E-state index is 4.80. The maximum Gasteiger partial charge on any atom is 0.227 e. The lowest BCUT2D eigenvalue weighted by atomic mass is 9.92. The standard InChI is InChI=1S/C14H25IN4/c1-7-16-12-10(15)11(14(4,5)6)17-13(18-12)19(8-2)9-3/h7-9H2,1-6H3,(H,16,17,18). The van der Waals surface area contributed by atoms with Crippen molar-refractivity contribution in [2.24, 2.45) is 0 Å². The molecule has 0 fully saturated rings. The molecule has 1 heterocycles. The molecule has 0 bridgehead atoms. The van der Waals surface area contributed by atoms with Crippen molar-refractivity contribution >= 4 is 34.4 Å². The van der Waals surface area contributed by atoms with Gasteiger partial charge in [-0.1, -0.05) is 20.8 Å². The molecule has 0 saturated heterocycles. The van der Waals surface area contributed by atoms with Crippen molar-refractivity contribution in [1.82, 2.24) is 9.97 Å². The van der Waals surface area contributed by atoms with E-state index in [0.717, 1.165) is 40.7 Å². The first-order valence-electron chi connectivity index (χ1n) is 6.91. The summed E-state index contributed by atoms with van der Waals surface area (Å²) in [4.78, 5) is 11.7. The van der Waals surface area contributed by atoms with E-state index in [2.05, 4.69) is 79.3 Å². The van der Waals surface area contributed by atoms with Crippen molar-refractivity contribution in [2.45, 2.75) is 47.0 Å². The van der Waals surface area contributed by atoms with Gasteiger partial charge in [0, 0.05) is 25.0 Å². The van der Waals surface area contributed by atoms with E-state index < -0.39 is 0 Å². The van der Waals surface area contributed by atoms with Crippen LogP contribution in [-0.2, 0) is 5.41 Å². The summed E-state index contributed by atoms with van der Waals surface area (Å²) in [6.45, 7) is 15.7. The molecular formula is C14H25IN4. The normalized spacial score (nSPS) is 11.5. The molecule has 4 nitrogen and oxygen atoms in total. The molecule has 108 valence electrons. The molecule has 1 N–H and O–H groups in total. The second kappa shape index (κ2) is 6.72. The van der Waals surface area contributed by atoms with E-state index in [4.69, 9.17) is 4.98 Å². The minimum atomic E-state index is 0.0194. The van der Waals surface area contributed by atoms with Crippen LogP contribution in [0.3, 0.4) is 0 Å². The second-order valence-corrected chi connectivity index (χ2v) is 6.57. The summed E-state index contributed by atoms with van der Waals surface area (Å²) in [6, 6.07) is 0. The van der Waals surface area contributed by atoms with Gasteiger partial charge in [0.2, 0.25) is 5.95 Å². The van der Waals surface area contributed by atoms with E-state index in [9.17, 15) is 0 Å². The van der Waals surface area contributed by atoms with Crippen LogP contribution in [0.2, 0.25) is 0 Å². The maximum atomic E-state index is 4.80. The average Bonchev–Trinajstić information content (AvgIpc) is 2.33. The average molecular weight is 376 g/mol. The highest BCUT2D eigenvalue weighted by Gasteiger charge is 2.24. The number of nitrogens with zero attached hydrogens (tertiary/aromatic N) is 3. The van der Waals surface area contributed by atoms with E-state index in [-0.39, 0.29) is 5.41 Å². The predicted molar refractivity (Wildman–Crippen MR) is 91.2 cm³/mol. The first kappa shape index (κ1) is 16.5. The topological polar surface area (TPSA) is 41.1 Å². The summed E-state index contributed by atoms with van der Waals surface area (Å²) in [5.74, 6) is 1.77. The lowest BCUT2D eigenvalue weighted by Crippen LogP contribution is -2.27. The third-order valence-corrected chi connectivity index (χ3v) is 3.96. The smallest absolute Gasteiger partial charge is 0.227 e. The molecule has 0 radical (unpaired) electrons. The summed E-state index contributed by atoms with van der Waals surface area (Å²) >= 11 is 2.35. The Kier molecular flexibility index (Phi) is 5.82. The van der Waals surface area contributed by atoms with E-state index in [0.29, 0.717) is 0 Å². The summed E-state index contributed by atoms with van der Waals surface area (Å²) in [7, 11) is 0. The fourth-order valence-electron chi connectivity index (χ4n) is 1.86. The second-order valence-electron chi connectivity index (χ2n) is 5.49. The van der Waals surface area contributed by atoms with Crippen molar-refractivity contribution < 1.29 is 0 Å². The van der Waals surface area contributed by atoms with E-state index in [1.807, 2.05) is 0 Å². The van der Waals surface area contributed by atoms with Crippen molar-refractivity contribution in [3.63, 3.8) is 0 Å². The number of rotatable bonds is 5. The Morgan fingerprint density at radius 3 is 2.11 bits per heavy atom. The summed E-state index contributed by atoms with van der Waals surface area (Å²) in [5, 5.41) is 3.35. The summed E-state index contributed by atoms with van der Waals surface area (Å²) < 4.78 is 1.13. The van der Waals surface area contributed by atoms with Gasteiger partial charge >= 0.3 is 0 Å². The molecule has 0 aliphatic rings. The molecule has 0 unspecified atom stereocenters. The zero-order valence-electron chi connectivity index (χ0n) is 12.8. The van der Waals surface area contributed by atoms with Gasteiger partial charge in [-0.05, 0) is 43.4 Å². The number of halogens is 1. The van der Waals surface area contributed by atoms with Crippen molar-refractivity contribution in [2.75, 3.05) is 29.9 Å². The number of hydrogen-bond acceptors (Lipinski definition) is 4. The van der Waals surface area contributed by atoms with Gasteiger partial charge in [-0.25, -0.2) is 4.98 Å². The van der Waals surface area contributed by atoms with Gasteiger partial charge in [0.25, 0.3) is 0 Å². The Balaban J connectivity index is 3.38. The molecule has 0 atom stereocenters. The number of hydrogen-bond donors (Lipinski definition) is 1. The van der Waals surface area contributed by atoms with Crippen LogP contribution in [0.4, 0.5) is 11.8 Å². The van der Waals surface area contributed by atoms with Crippen LogP contribution >= 0.6 is 22.6 Å². The fourth-order valence-corrected chi connectivity index (χ4v) is 3.11. The van der Waals surface area contributed by atoms with E-state index >= 15 is 0 Å². The molecule has 0 amide bonds. The Bertz CT molecular complexity index is 422. The highest BCUT2D eigenvalue weighted by Crippen LogP contribution is 2.31. The highest BCUT2D eigenvalue weighted by molar-refractivity contribution is 14.1. The van der Waals surface area contributed by atoms with Crippen LogP contribution in [0.1, 0.15) is 47.2 Å². The molecule has 5 heteroatoms. The quantitative estimate of drug-likeness (QED) is 0.797. The van der Waals surface area contributed by atoms with Gasteiger partial charge in [0.15, 0.2) is 0 Å². The van der Waals surface area contributed by atoms with Crippen molar-refractivity contribution in [3.8, 4) is 0 Å². The Morgan fingerprint density at radius 1 is 1.11 bits per heavy atom. The first-order valence-corrected chi connectivity index (χ1v) is 7.99. The lowest BCUT2D eigenvalue weighted by molar-refractivity contribution is 0.561. The molecule has 0 saturated carbocycles. The molecule has 1 rings (SSSR count). The number of nitrogens with one attached hydrogen (secondary N) is 1. The molecule has 0 spiro atoms. The zero-order valence-corrected chi connectivity index (χ0v) is 15.0. The van der Waals surface area contributed by atoms with Crippen LogP contribution in [-0.4, -0.2) is 29.6 Å². The van der Waals surface area contributed by atoms with E-state index in [1.54, 1.807) is 0 Å². The lowest BCUT2D eigenvalue weighted by Gasteiger charge is -2.25. The highest BCUT2D eigenvalue weighted by atomic mass is 127. The number of anilines is 2. The van der Waals surface area contributed by atoms with Crippen LogP contribution in [0.25, 0.3) is 0 Å². The molecule has 0 aromatic carbocycles. The Hall–Kier alpha value is -0.590. The predicted octanol–water partition coefficient (Wildman–Crippen LogP) is 3.66. The van der Waals surface area contributed by atoms with Crippen LogP contribution < -0.4 is 10.2 Å². The van der Waals surface area contributed by atoms with Gasteiger partial charge in [0.1, 0.15) is 5.82 Å². The van der Waals surface area contributed by atoms with Crippen LogP contribution in [0.15, 0.2) is 0 Å². The summed E-state index contributed by atoms with van der Waals surface area (Å²) in [5.41, 5.74) is 1.13. The van der Waals surface area contributed by atoms with Gasteiger partial charge in [-0.3, -0.25) is 0 Å². The fraction of sp³-hybridized carbons (Fsp3) is 0.714. The molecule has 19 heavy (non-hydrogen) atoms. The monoisotopic (exact) mass is 376 g/mol. The SMILES string of the molecule is CCNc1nc(N(CC)CC)nc(C(C)(C)C)c1I. The summed E-state index contributed by atoms with van der Waals surface area (Å²) in [6.07, 6.45) is 0. The van der Waals surface area contributed by atoms with Crippen LogP contribution in [0.5, 0.6) is 0 Å². The van der Waals surface area contributed by atoms with Gasteiger partial charge < -0.3 is 10.2 Å². The molecular weight excluding hydrogens is 351 g/mol. The zero-order chi connectivity index (χ0) is 14.6. The largest absolute Gasteiger partial charge is 0.369 e. The van der Waals surface area contributed by atoms with E-state index in [1.165, 1.54) is 0 Å². The third kappa shape index (κ3) is 3.94. The van der Waals surface area contributed by atoms with Gasteiger partial charge in [0.05, 0.1) is 9.26 Å². The molecule has 1 aromatic rings. The molecule has 0 aliphatic carbocycles. The van der Waals surface area contributed by atoms with Gasteiger partial charge in [-0.15, -0.1) is 0 Å². The minimum absolute atomic E-state index is 0.0194.